The minimum absolute atomic E-state index is 0.295. The van der Waals surface area contributed by atoms with Gasteiger partial charge in [0.1, 0.15) is 0 Å². The van der Waals surface area contributed by atoms with Crippen molar-refractivity contribution in [2.24, 2.45) is 11.3 Å². The number of likely N-dealkylation sites (tertiary alicyclic amines) is 3. The maximum Gasteiger partial charge on any atom is 0.319 e. The third kappa shape index (κ3) is 3.43. The lowest BCUT2D eigenvalue weighted by Gasteiger charge is -2.40. The molecule has 5 heteroatoms. The first-order valence-corrected chi connectivity index (χ1v) is 9.96. The van der Waals surface area contributed by atoms with Crippen molar-refractivity contribution in [1.82, 2.24) is 14.7 Å². The van der Waals surface area contributed by atoms with E-state index in [4.69, 9.17) is 4.74 Å². The van der Waals surface area contributed by atoms with Crippen LogP contribution in [-0.2, 0) is 4.74 Å². The van der Waals surface area contributed by atoms with Gasteiger partial charge in [0.2, 0.25) is 0 Å². The number of urea groups is 1. The van der Waals surface area contributed by atoms with E-state index in [2.05, 4.69) is 14.7 Å². The molecule has 4 aliphatic rings. The Hall–Kier alpha value is -0.810. The molecule has 1 saturated carbocycles. The van der Waals surface area contributed by atoms with Gasteiger partial charge in [-0.25, -0.2) is 4.79 Å². The maximum absolute atomic E-state index is 12.6. The summed E-state index contributed by atoms with van der Waals surface area (Å²) >= 11 is 0. The molecule has 4 rings (SSSR count). The van der Waals surface area contributed by atoms with E-state index in [1.54, 1.807) is 0 Å². The largest absolute Gasteiger partial charge is 0.383 e. The number of nitrogens with zero attached hydrogens (tertiary/aromatic N) is 3. The number of amides is 2. The highest BCUT2D eigenvalue weighted by Gasteiger charge is 2.47. The topological polar surface area (TPSA) is 36.0 Å². The molecule has 2 amide bonds. The Balaban J connectivity index is 1.34. The van der Waals surface area contributed by atoms with E-state index < -0.39 is 0 Å². The Morgan fingerprint density at radius 1 is 1.08 bits per heavy atom. The summed E-state index contributed by atoms with van der Waals surface area (Å²) in [6.07, 6.45) is 8.81. The third-order valence-corrected chi connectivity index (χ3v) is 6.74. The first-order chi connectivity index (χ1) is 11.7. The minimum Gasteiger partial charge on any atom is -0.383 e. The van der Waals surface area contributed by atoms with Crippen LogP contribution in [0.2, 0.25) is 0 Å². The molecule has 3 aliphatic heterocycles. The minimum atomic E-state index is 0.295. The standard InChI is InChI=1S/C19H33N3O2/c1-24-14-17-12-19(15-22(17)13-16-4-5-16)6-10-21(11-7-19)18(23)20-8-2-3-9-20/h16-17H,2-15H2,1H3. The summed E-state index contributed by atoms with van der Waals surface area (Å²) in [4.78, 5) is 19.5. The molecular formula is C19H33N3O2. The SMILES string of the molecule is COCC1CC2(CCN(C(=O)N3CCCC3)CC2)CN1CC1CC1. The molecule has 24 heavy (non-hydrogen) atoms. The van der Waals surface area contributed by atoms with Gasteiger partial charge < -0.3 is 14.5 Å². The summed E-state index contributed by atoms with van der Waals surface area (Å²) in [5.41, 5.74) is 0.430. The molecule has 5 nitrogen and oxygen atoms in total. The zero-order valence-electron chi connectivity index (χ0n) is 15.2. The molecule has 136 valence electrons. The number of ether oxygens (including phenoxy) is 1. The molecular weight excluding hydrogens is 302 g/mol. The van der Waals surface area contributed by atoms with Crippen LogP contribution in [0.5, 0.6) is 0 Å². The van der Waals surface area contributed by atoms with E-state index in [-0.39, 0.29) is 0 Å². The van der Waals surface area contributed by atoms with Crippen molar-refractivity contribution < 1.29 is 9.53 Å². The van der Waals surface area contributed by atoms with Crippen molar-refractivity contribution in [2.45, 2.75) is 51.0 Å². The lowest BCUT2D eigenvalue weighted by atomic mass is 9.76. The quantitative estimate of drug-likeness (QED) is 0.791. The van der Waals surface area contributed by atoms with Gasteiger partial charge in [-0.15, -0.1) is 0 Å². The Morgan fingerprint density at radius 3 is 2.38 bits per heavy atom. The van der Waals surface area contributed by atoms with E-state index >= 15 is 0 Å². The van der Waals surface area contributed by atoms with E-state index in [1.165, 1.54) is 58.0 Å². The van der Waals surface area contributed by atoms with Crippen molar-refractivity contribution >= 4 is 6.03 Å². The highest BCUT2D eigenvalue weighted by atomic mass is 16.5. The number of hydrogen-bond acceptors (Lipinski definition) is 3. The molecule has 4 fully saturated rings. The molecule has 3 heterocycles. The van der Waals surface area contributed by atoms with Crippen LogP contribution in [0.1, 0.15) is 44.9 Å². The Bertz CT molecular complexity index is 452. The molecule has 3 saturated heterocycles. The van der Waals surface area contributed by atoms with Crippen LogP contribution in [0.3, 0.4) is 0 Å². The van der Waals surface area contributed by atoms with E-state index in [1.807, 2.05) is 7.11 Å². The average Bonchev–Trinajstić information content (AvgIpc) is 3.11. The number of hydrogen-bond donors (Lipinski definition) is 0. The normalized spacial score (nSPS) is 30.5. The number of carbonyl (C=O) groups excluding carboxylic acids is 1. The fraction of sp³-hybridized carbons (Fsp3) is 0.947. The first kappa shape index (κ1) is 16.6. The zero-order chi connectivity index (χ0) is 16.6. The molecule has 1 spiro atoms. The van der Waals surface area contributed by atoms with Crippen LogP contribution in [0.15, 0.2) is 0 Å². The van der Waals surface area contributed by atoms with Crippen molar-refractivity contribution in [2.75, 3.05) is 53.0 Å². The second kappa shape index (κ2) is 6.83. The first-order valence-electron chi connectivity index (χ1n) is 9.96. The number of piperidine rings is 1. The van der Waals surface area contributed by atoms with Crippen molar-refractivity contribution in [3.8, 4) is 0 Å². The molecule has 1 aliphatic carbocycles. The number of carbonyl (C=O) groups is 1. The van der Waals surface area contributed by atoms with Gasteiger partial charge in [0.15, 0.2) is 0 Å². The van der Waals surface area contributed by atoms with E-state index in [9.17, 15) is 4.79 Å². The van der Waals surface area contributed by atoms with E-state index in [0.29, 0.717) is 17.5 Å². The summed E-state index contributed by atoms with van der Waals surface area (Å²) in [6, 6.07) is 0.889. The van der Waals surface area contributed by atoms with Gasteiger partial charge in [0.25, 0.3) is 0 Å². The maximum atomic E-state index is 12.6. The second-order valence-corrected chi connectivity index (χ2v) is 8.65. The summed E-state index contributed by atoms with van der Waals surface area (Å²) in [6.45, 7) is 7.19. The monoisotopic (exact) mass is 335 g/mol. The molecule has 0 radical (unpaired) electrons. The fourth-order valence-electron chi connectivity index (χ4n) is 5.10. The lowest BCUT2D eigenvalue weighted by Crippen LogP contribution is -2.48. The van der Waals surface area contributed by atoms with Crippen LogP contribution in [0, 0.1) is 11.3 Å². The van der Waals surface area contributed by atoms with Crippen molar-refractivity contribution in [3.63, 3.8) is 0 Å². The Kier molecular flexibility index (Phi) is 4.74. The Morgan fingerprint density at radius 2 is 1.75 bits per heavy atom. The highest BCUT2D eigenvalue weighted by molar-refractivity contribution is 5.74. The predicted octanol–water partition coefficient (Wildman–Crippen LogP) is 2.42. The molecule has 0 N–H and O–H groups in total. The summed E-state index contributed by atoms with van der Waals surface area (Å²) < 4.78 is 5.51. The molecule has 0 aromatic heterocycles. The molecule has 1 unspecified atom stereocenters. The van der Waals surface area contributed by atoms with Gasteiger partial charge in [0, 0.05) is 52.4 Å². The lowest BCUT2D eigenvalue weighted by molar-refractivity contribution is 0.102. The highest BCUT2D eigenvalue weighted by Crippen LogP contribution is 2.45. The van der Waals surface area contributed by atoms with Crippen molar-refractivity contribution in [3.05, 3.63) is 0 Å². The van der Waals surface area contributed by atoms with Gasteiger partial charge in [-0.05, 0) is 56.3 Å². The van der Waals surface area contributed by atoms with Crippen LogP contribution in [0.25, 0.3) is 0 Å². The predicted molar refractivity (Wildman–Crippen MR) is 94.0 cm³/mol. The van der Waals surface area contributed by atoms with Crippen LogP contribution < -0.4 is 0 Å². The average molecular weight is 335 g/mol. The smallest absolute Gasteiger partial charge is 0.319 e. The summed E-state index contributed by atoms with van der Waals surface area (Å²) in [5.74, 6) is 0.941. The number of methoxy groups -OCH3 is 1. The second-order valence-electron chi connectivity index (χ2n) is 8.65. The Labute approximate surface area is 146 Å². The summed E-state index contributed by atoms with van der Waals surface area (Å²) in [7, 11) is 1.83. The van der Waals surface area contributed by atoms with Gasteiger partial charge in [-0.3, -0.25) is 4.90 Å². The number of rotatable bonds is 4. The van der Waals surface area contributed by atoms with Gasteiger partial charge >= 0.3 is 6.03 Å². The molecule has 1 atom stereocenters. The van der Waals surface area contributed by atoms with Gasteiger partial charge in [-0.2, -0.15) is 0 Å². The molecule has 0 bridgehead atoms. The fourth-order valence-corrected chi connectivity index (χ4v) is 5.10. The van der Waals surface area contributed by atoms with Crippen LogP contribution in [-0.4, -0.2) is 79.8 Å². The molecule has 0 aromatic carbocycles. The van der Waals surface area contributed by atoms with Gasteiger partial charge in [-0.1, -0.05) is 0 Å². The van der Waals surface area contributed by atoms with Crippen LogP contribution >= 0.6 is 0 Å². The zero-order valence-corrected chi connectivity index (χ0v) is 15.2. The molecule has 0 aromatic rings. The van der Waals surface area contributed by atoms with Crippen molar-refractivity contribution in [1.29, 1.82) is 0 Å². The van der Waals surface area contributed by atoms with E-state index in [0.717, 1.165) is 38.7 Å². The van der Waals surface area contributed by atoms with Crippen LogP contribution in [0.4, 0.5) is 4.79 Å². The summed E-state index contributed by atoms with van der Waals surface area (Å²) in [5, 5.41) is 0. The third-order valence-electron chi connectivity index (χ3n) is 6.74. The van der Waals surface area contributed by atoms with Gasteiger partial charge in [0.05, 0.1) is 6.61 Å².